The van der Waals surface area contributed by atoms with Crippen LogP contribution >= 0.6 is 0 Å². The third-order valence-electron chi connectivity index (χ3n) is 5.54. The molecule has 5 rings (SSSR count). The number of carbonyl (C=O) groups is 1. The van der Waals surface area contributed by atoms with Gasteiger partial charge in [-0.1, -0.05) is 42.5 Å². The molecule has 1 atom stereocenters. The van der Waals surface area contributed by atoms with E-state index in [-0.39, 0.29) is 11.9 Å². The Morgan fingerprint density at radius 1 is 0.893 bits per heavy atom. The molecule has 1 unspecified atom stereocenters. The maximum absolute atomic E-state index is 13.1. The average molecular weight is 367 g/mol. The van der Waals surface area contributed by atoms with Crippen molar-refractivity contribution in [1.29, 1.82) is 0 Å². The van der Waals surface area contributed by atoms with E-state index in [1.807, 2.05) is 76.5 Å². The van der Waals surface area contributed by atoms with E-state index in [1.54, 1.807) is 0 Å². The van der Waals surface area contributed by atoms with Gasteiger partial charge in [0.2, 0.25) is 0 Å². The number of hydrogen-bond acceptors (Lipinski definition) is 2. The summed E-state index contributed by atoms with van der Waals surface area (Å²) in [6, 6.07) is 26.4. The molecule has 1 aromatic heterocycles. The van der Waals surface area contributed by atoms with E-state index in [0.29, 0.717) is 0 Å². The Kier molecular flexibility index (Phi) is 4.17. The Labute approximate surface area is 164 Å². The van der Waals surface area contributed by atoms with Gasteiger partial charge in [-0.25, -0.2) is 4.98 Å². The highest BCUT2D eigenvalue weighted by Gasteiger charge is 2.30. The van der Waals surface area contributed by atoms with E-state index in [1.165, 1.54) is 5.56 Å². The minimum absolute atomic E-state index is 0.105. The molecule has 1 saturated heterocycles. The number of fused-ring (bicyclic) bond motifs is 1. The summed E-state index contributed by atoms with van der Waals surface area (Å²) in [6.07, 6.45) is 3.90. The lowest BCUT2D eigenvalue weighted by Gasteiger charge is -2.25. The SMILES string of the molecule is O=C(c1ccc(-n2cnc3ccccc32)cc1)N1CCCC1c1ccccc1. The van der Waals surface area contributed by atoms with Gasteiger partial charge in [-0.3, -0.25) is 9.36 Å². The maximum Gasteiger partial charge on any atom is 0.254 e. The number of imidazole rings is 1. The summed E-state index contributed by atoms with van der Waals surface area (Å²) in [5.74, 6) is 0.105. The molecule has 0 radical (unpaired) electrons. The second-order valence-corrected chi connectivity index (χ2v) is 7.22. The number of para-hydroxylation sites is 2. The summed E-state index contributed by atoms with van der Waals surface area (Å²) < 4.78 is 2.05. The van der Waals surface area contributed by atoms with Gasteiger partial charge in [0.25, 0.3) is 5.91 Å². The molecule has 1 aliphatic rings. The first-order valence-corrected chi connectivity index (χ1v) is 9.70. The monoisotopic (exact) mass is 367 g/mol. The van der Waals surface area contributed by atoms with Gasteiger partial charge in [-0.05, 0) is 54.8 Å². The van der Waals surface area contributed by atoms with Crippen LogP contribution < -0.4 is 0 Å². The maximum atomic E-state index is 13.1. The van der Waals surface area contributed by atoms with Crippen LogP contribution in [0.15, 0.2) is 85.2 Å². The summed E-state index contributed by atoms with van der Waals surface area (Å²) in [6.45, 7) is 0.812. The fraction of sp³-hybridized carbons (Fsp3) is 0.167. The van der Waals surface area contributed by atoms with Gasteiger partial charge >= 0.3 is 0 Å². The second-order valence-electron chi connectivity index (χ2n) is 7.22. The molecule has 0 aliphatic carbocycles. The van der Waals surface area contributed by atoms with Gasteiger partial charge in [0.1, 0.15) is 6.33 Å². The Balaban J connectivity index is 1.42. The van der Waals surface area contributed by atoms with Crippen molar-refractivity contribution in [2.24, 2.45) is 0 Å². The van der Waals surface area contributed by atoms with E-state index in [9.17, 15) is 4.79 Å². The molecule has 1 amide bonds. The molecule has 4 heteroatoms. The highest BCUT2D eigenvalue weighted by atomic mass is 16.2. The molecule has 138 valence electrons. The van der Waals surface area contributed by atoms with Crippen LogP contribution in [-0.4, -0.2) is 26.9 Å². The Morgan fingerprint density at radius 3 is 2.46 bits per heavy atom. The molecule has 1 aliphatic heterocycles. The smallest absolute Gasteiger partial charge is 0.254 e. The van der Waals surface area contributed by atoms with E-state index in [0.717, 1.165) is 41.7 Å². The minimum Gasteiger partial charge on any atom is -0.332 e. The van der Waals surface area contributed by atoms with Crippen molar-refractivity contribution < 1.29 is 4.79 Å². The standard InChI is InChI=1S/C24H21N3O/c28-24(26-16-6-11-22(26)18-7-2-1-3-8-18)19-12-14-20(15-13-19)27-17-25-21-9-4-5-10-23(21)27/h1-5,7-10,12-15,17,22H,6,11,16H2. The Hall–Kier alpha value is -3.40. The van der Waals surface area contributed by atoms with Crippen LogP contribution in [0.5, 0.6) is 0 Å². The molecular formula is C24H21N3O. The number of carbonyl (C=O) groups excluding carboxylic acids is 1. The van der Waals surface area contributed by atoms with Crippen molar-refractivity contribution in [3.05, 3.63) is 96.3 Å². The Bertz CT molecular complexity index is 1120. The molecule has 28 heavy (non-hydrogen) atoms. The average Bonchev–Trinajstić information content (AvgIpc) is 3.41. The van der Waals surface area contributed by atoms with Crippen LogP contribution in [0, 0.1) is 0 Å². The van der Waals surface area contributed by atoms with Gasteiger partial charge < -0.3 is 4.90 Å². The molecule has 4 nitrogen and oxygen atoms in total. The number of benzene rings is 3. The number of hydrogen-bond donors (Lipinski definition) is 0. The van der Waals surface area contributed by atoms with Crippen molar-refractivity contribution >= 4 is 16.9 Å². The lowest BCUT2D eigenvalue weighted by molar-refractivity contribution is 0.0735. The van der Waals surface area contributed by atoms with Crippen molar-refractivity contribution in [1.82, 2.24) is 14.5 Å². The van der Waals surface area contributed by atoms with Crippen LogP contribution in [0.25, 0.3) is 16.7 Å². The fourth-order valence-corrected chi connectivity index (χ4v) is 4.13. The molecule has 1 fully saturated rings. The molecule has 0 spiro atoms. The van der Waals surface area contributed by atoms with E-state index < -0.39 is 0 Å². The molecular weight excluding hydrogens is 346 g/mol. The van der Waals surface area contributed by atoms with Crippen molar-refractivity contribution in [3.8, 4) is 5.69 Å². The summed E-state index contributed by atoms with van der Waals surface area (Å²) in [5.41, 5.74) is 4.98. The first-order chi connectivity index (χ1) is 13.8. The predicted molar refractivity (Wildman–Crippen MR) is 111 cm³/mol. The van der Waals surface area contributed by atoms with E-state index in [2.05, 4.69) is 23.2 Å². The number of aromatic nitrogens is 2. The second kappa shape index (κ2) is 6.97. The first-order valence-electron chi connectivity index (χ1n) is 9.70. The molecule has 4 aromatic rings. The van der Waals surface area contributed by atoms with Crippen LogP contribution in [0.1, 0.15) is 34.8 Å². The molecule has 0 saturated carbocycles. The quantitative estimate of drug-likeness (QED) is 0.511. The van der Waals surface area contributed by atoms with Crippen LogP contribution in [-0.2, 0) is 0 Å². The lowest BCUT2D eigenvalue weighted by Crippen LogP contribution is -2.30. The number of rotatable bonds is 3. The van der Waals surface area contributed by atoms with Crippen molar-refractivity contribution in [2.45, 2.75) is 18.9 Å². The van der Waals surface area contributed by atoms with Crippen molar-refractivity contribution in [2.75, 3.05) is 6.54 Å². The molecule has 0 bridgehead atoms. The van der Waals surface area contributed by atoms with Gasteiger partial charge in [0.15, 0.2) is 0 Å². The summed E-state index contributed by atoms with van der Waals surface area (Å²) in [5, 5.41) is 0. The molecule has 3 aromatic carbocycles. The third kappa shape index (κ3) is 2.87. The highest BCUT2D eigenvalue weighted by molar-refractivity contribution is 5.95. The van der Waals surface area contributed by atoms with E-state index in [4.69, 9.17) is 0 Å². The topological polar surface area (TPSA) is 38.1 Å². The summed E-state index contributed by atoms with van der Waals surface area (Å²) >= 11 is 0. The normalized spacial score (nSPS) is 16.6. The zero-order valence-electron chi connectivity index (χ0n) is 15.5. The zero-order chi connectivity index (χ0) is 18.9. The highest BCUT2D eigenvalue weighted by Crippen LogP contribution is 2.33. The zero-order valence-corrected chi connectivity index (χ0v) is 15.5. The van der Waals surface area contributed by atoms with Gasteiger partial charge in [-0.2, -0.15) is 0 Å². The number of amides is 1. The van der Waals surface area contributed by atoms with Gasteiger partial charge in [-0.15, -0.1) is 0 Å². The number of likely N-dealkylation sites (tertiary alicyclic amines) is 1. The summed E-state index contributed by atoms with van der Waals surface area (Å²) in [7, 11) is 0. The predicted octanol–water partition coefficient (Wildman–Crippen LogP) is 5.00. The fourth-order valence-electron chi connectivity index (χ4n) is 4.13. The van der Waals surface area contributed by atoms with Crippen LogP contribution in [0.4, 0.5) is 0 Å². The van der Waals surface area contributed by atoms with Crippen LogP contribution in [0.3, 0.4) is 0 Å². The van der Waals surface area contributed by atoms with Crippen LogP contribution in [0.2, 0.25) is 0 Å². The summed E-state index contributed by atoms with van der Waals surface area (Å²) in [4.78, 5) is 19.6. The van der Waals surface area contributed by atoms with Gasteiger partial charge in [0.05, 0.1) is 17.1 Å². The van der Waals surface area contributed by atoms with E-state index >= 15 is 0 Å². The minimum atomic E-state index is 0.105. The Morgan fingerprint density at radius 2 is 1.64 bits per heavy atom. The molecule has 0 N–H and O–H groups in total. The first kappa shape index (κ1) is 16.8. The van der Waals surface area contributed by atoms with Crippen molar-refractivity contribution in [3.63, 3.8) is 0 Å². The molecule has 2 heterocycles. The third-order valence-corrected chi connectivity index (χ3v) is 5.54. The largest absolute Gasteiger partial charge is 0.332 e. The number of nitrogens with zero attached hydrogens (tertiary/aromatic N) is 3. The van der Waals surface area contributed by atoms with Gasteiger partial charge in [0, 0.05) is 17.8 Å². The lowest BCUT2D eigenvalue weighted by atomic mass is 10.0.